The van der Waals surface area contributed by atoms with Crippen LogP contribution in [0.1, 0.15) is 22.6 Å². The summed E-state index contributed by atoms with van der Waals surface area (Å²) in [4.78, 5) is -0.0636. The highest BCUT2D eigenvalue weighted by Crippen LogP contribution is 2.52. The van der Waals surface area contributed by atoms with E-state index in [4.69, 9.17) is 19.9 Å². The third-order valence-corrected chi connectivity index (χ3v) is 8.16. The van der Waals surface area contributed by atoms with Crippen molar-refractivity contribution in [3.8, 4) is 17.6 Å². The molecule has 182 valence electrons. The van der Waals surface area contributed by atoms with Crippen LogP contribution in [-0.2, 0) is 21.3 Å². The number of fused-ring (bicyclic) bond motifs is 2. The number of allylic oxidation sites excluding steroid dienone is 2. The molecule has 0 fully saturated rings. The number of hydrogen-bond acceptors (Lipinski definition) is 7. The van der Waals surface area contributed by atoms with Crippen LogP contribution in [0.2, 0.25) is 0 Å². The van der Waals surface area contributed by atoms with E-state index in [1.54, 1.807) is 42.5 Å². The fourth-order valence-electron chi connectivity index (χ4n) is 4.60. The molecular weight excluding hydrogens is 478 g/mol. The number of para-hydroxylation sites is 1. The molecule has 2 heterocycles. The van der Waals surface area contributed by atoms with Crippen LogP contribution < -0.4 is 19.5 Å². The van der Waals surface area contributed by atoms with Crippen molar-refractivity contribution >= 4 is 21.5 Å². The Morgan fingerprint density at radius 2 is 1.75 bits per heavy atom. The lowest BCUT2D eigenvalue weighted by atomic mass is 9.87. The van der Waals surface area contributed by atoms with Gasteiger partial charge in [-0.05, 0) is 23.8 Å². The molecule has 1 atom stereocenters. The van der Waals surface area contributed by atoms with Crippen molar-refractivity contribution < 1.29 is 22.6 Å². The molecule has 1 unspecified atom stereocenters. The lowest BCUT2D eigenvalue weighted by Crippen LogP contribution is -2.39. The van der Waals surface area contributed by atoms with Crippen molar-refractivity contribution in [2.24, 2.45) is 5.73 Å². The van der Waals surface area contributed by atoms with E-state index in [0.717, 1.165) is 5.56 Å². The Bertz CT molecular complexity index is 1560. The third kappa shape index (κ3) is 3.63. The van der Waals surface area contributed by atoms with Crippen LogP contribution in [0.4, 0.5) is 5.69 Å². The van der Waals surface area contributed by atoms with E-state index in [1.165, 1.54) is 18.5 Å². The molecule has 3 aromatic rings. The smallest absolute Gasteiger partial charge is 0.265 e. The molecular formula is C27H23N3O5S. The number of nitriles is 1. The van der Waals surface area contributed by atoms with Gasteiger partial charge in [-0.3, -0.25) is 4.31 Å². The molecule has 9 heteroatoms. The molecule has 0 saturated heterocycles. The molecule has 36 heavy (non-hydrogen) atoms. The highest BCUT2D eigenvalue weighted by molar-refractivity contribution is 7.96. The van der Waals surface area contributed by atoms with Gasteiger partial charge in [-0.15, -0.1) is 0 Å². The first-order chi connectivity index (χ1) is 17.4. The van der Waals surface area contributed by atoms with Gasteiger partial charge in [0.1, 0.15) is 28.0 Å². The predicted molar refractivity (Wildman–Crippen MR) is 135 cm³/mol. The highest BCUT2D eigenvalue weighted by atomic mass is 32.2. The first-order valence-electron chi connectivity index (χ1n) is 11.1. The van der Waals surface area contributed by atoms with Crippen LogP contribution in [0, 0.1) is 11.3 Å². The molecule has 2 N–H and O–H groups in total. The van der Waals surface area contributed by atoms with E-state index in [1.807, 2.05) is 30.3 Å². The summed E-state index contributed by atoms with van der Waals surface area (Å²) >= 11 is 0. The third-order valence-electron chi connectivity index (χ3n) is 6.28. The average molecular weight is 502 g/mol. The van der Waals surface area contributed by atoms with Crippen LogP contribution in [0.15, 0.2) is 89.2 Å². The Kier molecular flexibility index (Phi) is 5.82. The summed E-state index contributed by atoms with van der Waals surface area (Å²) in [5.74, 6) is -0.210. The van der Waals surface area contributed by atoms with Gasteiger partial charge in [-0.1, -0.05) is 48.5 Å². The maximum Gasteiger partial charge on any atom is 0.265 e. The average Bonchev–Trinajstić information content (AvgIpc) is 2.90. The van der Waals surface area contributed by atoms with E-state index in [9.17, 15) is 13.7 Å². The zero-order chi connectivity index (χ0) is 25.4. The van der Waals surface area contributed by atoms with Gasteiger partial charge in [0.15, 0.2) is 5.76 Å². The molecule has 2 aliphatic heterocycles. The molecule has 3 aromatic carbocycles. The second kappa shape index (κ2) is 8.98. The fraction of sp³-hybridized carbons (Fsp3) is 0.148. The number of nitrogens with two attached hydrogens (primary N) is 1. The number of anilines is 1. The maximum absolute atomic E-state index is 14.3. The minimum absolute atomic E-state index is 0.0140. The Balaban J connectivity index is 1.79. The maximum atomic E-state index is 14.3. The fourth-order valence-corrected chi connectivity index (χ4v) is 6.50. The van der Waals surface area contributed by atoms with Gasteiger partial charge in [-0.25, -0.2) is 8.42 Å². The van der Waals surface area contributed by atoms with E-state index >= 15 is 0 Å². The van der Waals surface area contributed by atoms with Gasteiger partial charge >= 0.3 is 0 Å². The SMILES string of the molecule is COc1ccc(C2C(C#N)=C(N)OC3=C2S(=O)(=O)N(Cc2ccccc2)c2ccccc23)c(OC)c1. The van der Waals surface area contributed by atoms with Crippen molar-refractivity contribution in [3.63, 3.8) is 0 Å². The number of hydrogen-bond donors (Lipinski definition) is 1. The summed E-state index contributed by atoms with van der Waals surface area (Å²) in [6.07, 6.45) is 0. The van der Waals surface area contributed by atoms with E-state index < -0.39 is 15.9 Å². The normalized spacial score (nSPS) is 18.0. The zero-order valence-electron chi connectivity index (χ0n) is 19.6. The molecule has 0 saturated carbocycles. The molecule has 8 nitrogen and oxygen atoms in total. The second-order valence-electron chi connectivity index (χ2n) is 8.24. The number of rotatable bonds is 5. The van der Waals surface area contributed by atoms with E-state index in [2.05, 4.69) is 6.07 Å². The molecule has 0 aliphatic carbocycles. The summed E-state index contributed by atoms with van der Waals surface area (Å²) in [5, 5.41) is 10.0. The predicted octanol–water partition coefficient (Wildman–Crippen LogP) is 4.23. The lowest BCUT2D eigenvalue weighted by molar-refractivity contribution is 0.355. The van der Waals surface area contributed by atoms with E-state index in [0.29, 0.717) is 28.3 Å². The van der Waals surface area contributed by atoms with Gasteiger partial charge in [0.25, 0.3) is 10.0 Å². The largest absolute Gasteiger partial charge is 0.497 e. The van der Waals surface area contributed by atoms with Crippen molar-refractivity contribution in [1.82, 2.24) is 0 Å². The molecule has 5 rings (SSSR count). The topological polar surface area (TPSA) is 115 Å². The molecule has 0 amide bonds. The molecule has 0 spiro atoms. The standard InChI is InChI=1S/C27H23N3O5S/c1-33-18-12-13-20(23(14-18)34-2)24-21(15-28)27(29)35-25-19-10-6-7-11-22(19)30(36(31,32)26(24)25)16-17-8-4-3-5-9-17/h3-14,24H,16,29H2,1-2H3. The van der Waals surface area contributed by atoms with Crippen molar-refractivity contribution in [2.75, 3.05) is 18.5 Å². The van der Waals surface area contributed by atoms with Crippen LogP contribution in [0.25, 0.3) is 5.76 Å². The van der Waals surface area contributed by atoms with Crippen molar-refractivity contribution in [2.45, 2.75) is 12.5 Å². The summed E-state index contributed by atoms with van der Waals surface area (Å²) in [6, 6.07) is 23.5. The van der Waals surface area contributed by atoms with E-state index in [-0.39, 0.29) is 28.7 Å². The Hall–Kier alpha value is -4.42. The quantitative estimate of drug-likeness (QED) is 0.556. The number of ether oxygens (including phenoxy) is 3. The number of benzene rings is 3. The molecule has 0 aromatic heterocycles. The Morgan fingerprint density at radius 3 is 2.44 bits per heavy atom. The highest BCUT2D eigenvalue weighted by Gasteiger charge is 2.48. The van der Waals surface area contributed by atoms with Gasteiger partial charge < -0.3 is 19.9 Å². The van der Waals surface area contributed by atoms with Crippen LogP contribution in [0.3, 0.4) is 0 Å². The number of methoxy groups -OCH3 is 2. The second-order valence-corrected chi connectivity index (χ2v) is 10.1. The first-order valence-corrected chi connectivity index (χ1v) is 12.5. The van der Waals surface area contributed by atoms with Gasteiger partial charge in [0.05, 0.1) is 32.4 Å². The summed E-state index contributed by atoms with van der Waals surface area (Å²) in [6.45, 7) is 0.102. The van der Waals surface area contributed by atoms with Gasteiger partial charge in [0.2, 0.25) is 5.88 Å². The van der Waals surface area contributed by atoms with Crippen molar-refractivity contribution in [1.29, 1.82) is 5.26 Å². The number of sulfonamides is 1. The van der Waals surface area contributed by atoms with Crippen LogP contribution in [-0.4, -0.2) is 22.6 Å². The van der Waals surface area contributed by atoms with Gasteiger partial charge in [-0.2, -0.15) is 5.26 Å². The minimum Gasteiger partial charge on any atom is -0.497 e. The molecule has 0 radical (unpaired) electrons. The summed E-state index contributed by atoms with van der Waals surface area (Å²) in [5.41, 5.74) is 8.49. The first kappa shape index (κ1) is 23.3. The van der Waals surface area contributed by atoms with Crippen LogP contribution >= 0.6 is 0 Å². The van der Waals surface area contributed by atoms with Gasteiger partial charge in [0, 0.05) is 17.2 Å². The summed E-state index contributed by atoms with van der Waals surface area (Å²) in [7, 11) is -1.19. The lowest BCUT2D eigenvalue weighted by Gasteiger charge is -2.38. The Morgan fingerprint density at radius 1 is 1.03 bits per heavy atom. The molecule has 0 bridgehead atoms. The Labute approximate surface area is 209 Å². The van der Waals surface area contributed by atoms with Crippen molar-refractivity contribution in [3.05, 3.63) is 106 Å². The molecule has 2 aliphatic rings. The number of nitrogens with zero attached hydrogens (tertiary/aromatic N) is 2. The van der Waals surface area contributed by atoms with Crippen LogP contribution in [0.5, 0.6) is 11.5 Å². The minimum atomic E-state index is -4.18. The summed E-state index contributed by atoms with van der Waals surface area (Å²) < 4.78 is 46.8. The zero-order valence-corrected chi connectivity index (χ0v) is 20.5. The monoisotopic (exact) mass is 501 g/mol.